The Morgan fingerprint density at radius 3 is 2.48 bits per heavy atom. The maximum Gasteiger partial charge on any atom is 0.314 e. The molecule has 218 valence electrons. The van der Waals surface area contributed by atoms with E-state index in [0.29, 0.717) is 24.2 Å². The topological polar surface area (TPSA) is 145 Å². The fourth-order valence-electron chi connectivity index (χ4n) is 5.27. The number of benzene rings is 2. The van der Waals surface area contributed by atoms with E-state index in [0.717, 1.165) is 19.1 Å². The van der Waals surface area contributed by atoms with Crippen LogP contribution in [0.15, 0.2) is 60.7 Å². The minimum atomic E-state index is -4.15. The van der Waals surface area contributed by atoms with Gasteiger partial charge >= 0.3 is 5.97 Å². The van der Waals surface area contributed by atoms with Crippen molar-refractivity contribution < 1.29 is 32.6 Å². The van der Waals surface area contributed by atoms with Gasteiger partial charge in [-0.05, 0) is 54.9 Å². The molecule has 2 unspecified atom stereocenters. The summed E-state index contributed by atoms with van der Waals surface area (Å²) in [5.41, 5.74) is 3.31. The first kappa shape index (κ1) is 31.3. The number of hydrogen-bond acceptors (Lipinski definition) is 8. The monoisotopic (exact) mass is 572 g/mol. The summed E-state index contributed by atoms with van der Waals surface area (Å²) in [4.78, 5) is 27.5. The molecule has 0 bridgehead atoms. The third-order valence-corrected chi connectivity index (χ3v) is 9.13. The second-order valence-electron chi connectivity index (χ2n) is 10.8. The number of carbonyl (C=O) groups excluding carboxylic acids is 2. The van der Waals surface area contributed by atoms with Crippen LogP contribution in [0, 0.1) is 17.8 Å². The molecule has 3 rings (SSSR count). The molecule has 1 amide bonds. The summed E-state index contributed by atoms with van der Waals surface area (Å²) in [6.07, 6.45) is 5.36. The molecule has 2 aromatic rings. The summed E-state index contributed by atoms with van der Waals surface area (Å²) >= 11 is 0. The number of phenols is 1. The standard InChI is InChI=1S/C30H40N2O7S/c1-21(2)18-25(28(34)32-31)27(29(35)39-26-14-7-8-17-38-26)30(40(3,36)37,16-15-22-10-5-4-6-11-22)20-23-12-9-13-24(33)19-23/h4-6,9-13,15-16,19,21,25-27,33H,7-8,14,17-18,20,31H2,1-3H3,(H,32,34)/b16-15+/t25-,26?,27+,30?/m1/s1. The van der Waals surface area contributed by atoms with Crippen molar-refractivity contribution in [2.24, 2.45) is 23.6 Å². The van der Waals surface area contributed by atoms with Gasteiger partial charge in [-0.3, -0.25) is 15.0 Å². The first-order chi connectivity index (χ1) is 19.0. The van der Waals surface area contributed by atoms with Crippen molar-refractivity contribution in [3.63, 3.8) is 0 Å². The Balaban J connectivity index is 2.29. The predicted octanol–water partition coefficient (Wildman–Crippen LogP) is 3.77. The lowest BCUT2D eigenvalue weighted by atomic mass is 9.73. The van der Waals surface area contributed by atoms with Gasteiger partial charge in [0.1, 0.15) is 10.5 Å². The number of nitrogens with one attached hydrogen (secondary N) is 1. The maximum absolute atomic E-state index is 14.1. The third kappa shape index (κ3) is 7.93. The first-order valence-electron chi connectivity index (χ1n) is 13.5. The van der Waals surface area contributed by atoms with E-state index in [1.807, 2.05) is 32.0 Å². The minimum absolute atomic E-state index is 0.0555. The van der Waals surface area contributed by atoms with Gasteiger partial charge in [0.05, 0.1) is 18.4 Å². The number of hydrogen-bond donors (Lipinski definition) is 3. The number of hydrazine groups is 1. The predicted molar refractivity (Wildman–Crippen MR) is 153 cm³/mol. The van der Waals surface area contributed by atoms with E-state index < -0.39 is 44.6 Å². The van der Waals surface area contributed by atoms with Crippen LogP contribution in [0.3, 0.4) is 0 Å². The fourth-order valence-corrected chi connectivity index (χ4v) is 6.73. The van der Waals surface area contributed by atoms with Gasteiger partial charge in [0.2, 0.25) is 12.2 Å². The molecule has 0 aliphatic carbocycles. The minimum Gasteiger partial charge on any atom is -0.508 e. The van der Waals surface area contributed by atoms with Crippen LogP contribution in [-0.4, -0.2) is 49.3 Å². The Hall–Kier alpha value is -3.21. The molecule has 1 aliphatic rings. The summed E-state index contributed by atoms with van der Waals surface area (Å²) in [5.74, 6) is 1.29. The molecule has 0 saturated carbocycles. The molecule has 1 aliphatic heterocycles. The lowest BCUT2D eigenvalue weighted by Crippen LogP contribution is -2.56. The third-order valence-electron chi connectivity index (χ3n) is 7.21. The van der Waals surface area contributed by atoms with Crippen LogP contribution in [0.5, 0.6) is 5.75 Å². The van der Waals surface area contributed by atoms with E-state index in [2.05, 4.69) is 5.43 Å². The number of nitrogens with two attached hydrogens (primary N) is 1. The quantitative estimate of drug-likeness (QED) is 0.151. The maximum atomic E-state index is 14.1. The average molecular weight is 573 g/mol. The molecule has 1 saturated heterocycles. The van der Waals surface area contributed by atoms with Gasteiger partial charge in [0.25, 0.3) is 0 Å². The summed E-state index contributed by atoms with van der Waals surface area (Å²) in [5, 5.41) is 10.2. The van der Waals surface area contributed by atoms with E-state index >= 15 is 0 Å². The van der Waals surface area contributed by atoms with E-state index in [9.17, 15) is 23.1 Å². The number of ether oxygens (including phenoxy) is 2. The van der Waals surface area contributed by atoms with Crippen LogP contribution in [0.2, 0.25) is 0 Å². The highest BCUT2D eigenvalue weighted by Gasteiger charge is 2.55. The number of amides is 1. The number of sulfone groups is 1. The van der Waals surface area contributed by atoms with Crippen LogP contribution in [0.1, 0.15) is 50.7 Å². The molecule has 2 aromatic carbocycles. The molecule has 40 heavy (non-hydrogen) atoms. The molecule has 0 radical (unpaired) electrons. The molecule has 0 aromatic heterocycles. The van der Waals surface area contributed by atoms with Crippen molar-refractivity contribution in [2.75, 3.05) is 12.9 Å². The SMILES string of the molecule is CC(C)C[C@@H](C(=O)NN)[C@@H](C(=O)OC1CCCCO1)C(/C=C/c1ccccc1)(Cc1cccc(O)c1)S(C)(=O)=O. The lowest BCUT2D eigenvalue weighted by Gasteiger charge is -2.40. The van der Waals surface area contributed by atoms with E-state index in [1.165, 1.54) is 18.2 Å². The van der Waals surface area contributed by atoms with Gasteiger partial charge in [-0.1, -0.05) is 68.5 Å². The molecular weight excluding hydrogens is 532 g/mol. The van der Waals surface area contributed by atoms with Crippen LogP contribution in [0.25, 0.3) is 6.08 Å². The van der Waals surface area contributed by atoms with Gasteiger partial charge in [0.15, 0.2) is 9.84 Å². The summed E-state index contributed by atoms with van der Waals surface area (Å²) in [6, 6.07) is 15.3. The zero-order valence-corrected chi connectivity index (χ0v) is 24.1. The second kappa shape index (κ2) is 13.9. The normalized spacial score (nSPS) is 19.1. The lowest BCUT2D eigenvalue weighted by molar-refractivity contribution is -0.194. The van der Waals surface area contributed by atoms with Crippen molar-refractivity contribution in [2.45, 2.75) is 57.0 Å². The number of rotatable bonds is 12. The van der Waals surface area contributed by atoms with E-state index in [4.69, 9.17) is 15.3 Å². The van der Waals surface area contributed by atoms with Crippen molar-refractivity contribution in [3.8, 4) is 5.75 Å². The average Bonchev–Trinajstić information content (AvgIpc) is 2.91. The van der Waals surface area contributed by atoms with Crippen molar-refractivity contribution in [3.05, 3.63) is 71.8 Å². The highest BCUT2D eigenvalue weighted by Crippen LogP contribution is 2.42. The largest absolute Gasteiger partial charge is 0.508 e. The highest BCUT2D eigenvalue weighted by molar-refractivity contribution is 7.92. The zero-order chi connectivity index (χ0) is 29.3. The second-order valence-corrected chi connectivity index (χ2v) is 13.1. The van der Waals surface area contributed by atoms with Gasteiger partial charge in [-0.25, -0.2) is 14.3 Å². The Bertz CT molecular complexity index is 1270. The Morgan fingerprint density at radius 1 is 1.18 bits per heavy atom. The van der Waals surface area contributed by atoms with Crippen LogP contribution < -0.4 is 11.3 Å². The number of esters is 1. The van der Waals surface area contributed by atoms with Crippen LogP contribution in [0.4, 0.5) is 0 Å². The molecule has 1 fully saturated rings. The first-order valence-corrected chi connectivity index (χ1v) is 15.4. The number of carbonyl (C=O) groups is 2. The van der Waals surface area contributed by atoms with Crippen molar-refractivity contribution >= 4 is 27.8 Å². The summed E-state index contributed by atoms with van der Waals surface area (Å²) in [6.45, 7) is 4.16. The zero-order valence-electron chi connectivity index (χ0n) is 23.3. The molecule has 9 nitrogen and oxygen atoms in total. The smallest absolute Gasteiger partial charge is 0.314 e. The Morgan fingerprint density at radius 2 is 1.90 bits per heavy atom. The molecule has 4 N–H and O–H groups in total. The van der Waals surface area contributed by atoms with Gasteiger partial charge in [0, 0.05) is 12.7 Å². The van der Waals surface area contributed by atoms with Gasteiger partial charge in [-0.2, -0.15) is 0 Å². The fraction of sp³-hybridized carbons (Fsp3) is 0.467. The van der Waals surface area contributed by atoms with Gasteiger partial charge in [-0.15, -0.1) is 0 Å². The molecule has 10 heteroatoms. The Labute approximate surface area is 236 Å². The summed E-state index contributed by atoms with van der Waals surface area (Å²) in [7, 11) is -4.15. The molecule has 1 heterocycles. The summed E-state index contributed by atoms with van der Waals surface area (Å²) < 4.78 is 37.5. The van der Waals surface area contributed by atoms with Gasteiger partial charge < -0.3 is 14.6 Å². The Kier molecular flexibility index (Phi) is 10.9. The molecular formula is C30H40N2O7S. The highest BCUT2D eigenvalue weighted by atomic mass is 32.2. The number of phenolic OH excluding ortho intramolecular Hbond substituents is 1. The van der Waals surface area contributed by atoms with Crippen LogP contribution in [-0.2, 0) is 35.3 Å². The van der Waals surface area contributed by atoms with E-state index in [1.54, 1.807) is 30.3 Å². The number of aromatic hydroxyl groups is 1. The van der Waals surface area contributed by atoms with Crippen molar-refractivity contribution in [1.82, 2.24) is 5.43 Å². The van der Waals surface area contributed by atoms with E-state index in [-0.39, 0.29) is 24.5 Å². The van der Waals surface area contributed by atoms with Crippen LogP contribution >= 0.6 is 0 Å². The molecule has 4 atom stereocenters. The van der Waals surface area contributed by atoms with Crippen molar-refractivity contribution in [1.29, 1.82) is 0 Å². The molecule has 0 spiro atoms.